The van der Waals surface area contributed by atoms with Gasteiger partial charge in [-0.1, -0.05) is 58.0 Å². The van der Waals surface area contributed by atoms with Crippen LogP contribution < -0.4 is 0 Å². The summed E-state index contributed by atoms with van der Waals surface area (Å²) in [5.74, 6) is -2.90. The second-order valence-electron chi connectivity index (χ2n) is 7.86. The molecule has 27 heavy (non-hydrogen) atoms. The van der Waals surface area contributed by atoms with Gasteiger partial charge in [-0.15, -0.1) is 0 Å². The van der Waals surface area contributed by atoms with Crippen LogP contribution in [0.1, 0.15) is 46.1 Å². The molecule has 0 saturated carbocycles. The van der Waals surface area contributed by atoms with E-state index < -0.39 is 29.5 Å². The summed E-state index contributed by atoms with van der Waals surface area (Å²) < 4.78 is 0. The third-order valence-corrected chi connectivity index (χ3v) is 4.53. The highest BCUT2D eigenvalue weighted by Crippen LogP contribution is 2.24. The molecule has 1 aliphatic rings. The van der Waals surface area contributed by atoms with Gasteiger partial charge in [-0.3, -0.25) is 24.2 Å². The average Bonchev–Trinajstić information content (AvgIpc) is 2.58. The molecule has 1 atom stereocenters. The van der Waals surface area contributed by atoms with Gasteiger partial charge in [0.1, 0.15) is 0 Å². The third kappa shape index (κ3) is 5.02. The predicted molar refractivity (Wildman–Crippen MR) is 102 cm³/mol. The fraction of sp³-hybridized carbons (Fsp3) is 0.524. The SMILES string of the molecule is CC(C)CCN1C(=O)C(C(=O)CC(C)C)C(=O)N(Cc2ccccc2)C1=O. The lowest BCUT2D eigenvalue weighted by Gasteiger charge is -2.37. The van der Waals surface area contributed by atoms with Crippen molar-refractivity contribution in [2.45, 2.75) is 47.1 Å². The number of ketones is 1. The maximum Gasteiger partial charge on any atom is 0.333 e. The minimum atomic E-state index is -1.42. The second-order valence-corrected chi connectivity index (χ2v) is 7.86. The summed E-state index contributed by atoms with van der Waals surface area (Å²) in [6.45, 7) is 7.97. The lowest BCUT2D eigenvalue weighted by molar-refractivity contribution is -0.153. The summed E-state index contributed by atoms with van der Waals surface area (Å²) in [5.41, 5.74) is 0.771. The predicted octanol–water partition coefficient (Wildman–Crippen LogP) is 3.25. The largest absolute Gasteiger partial charge is 0.333 e. The summed E-state index contributed by atoms with van der Waals surface area (Å²) in [6.07, 6.45) is 0.753. The normalized spacial score (nSPS) is 18.0. The van der Waals surface area contributed by atoms with Crippen LogP contribution in [0.3, 0.4) is 0 Å². The molecule has 1 saturated heterocycles. The first-order valence-electron chi connectivity index (χ1n) is 9.45. The first kappa shape index (κ1) is 20.8. The third-order valence-electron chi connectivity index (χ3n) is 4.53. The summed E-state index contributed by atoms with van der Waals surface area (Å²) in [7, 11) is 0. The number of Topliss-reactive ketones (excluding diaryl/α,β-unsaturated/α-hetero) is 1. The van der Waals surface area contributed by atoms with Gasteiger partial charge in [0, 0.05) is 13.0 Å². The average molecular weight is 372 g/mol. The smallest absolute Gasteiger partial charge is 0.298 e. The summed E-state index contributed by atoms with van der Waals surface area (Å²) in [5, 5.41) is 0. The molecule has 1 heterocycles. The molecule has 4 amide bonds. The first-order valence-corrected chi connectivity index (χ1v) is 9.45. The maximum atomic E-state index is 12.9. The molecule has 0 aliphatic carbocycles. The molecule has 2 rings (SSSR count). The van der Waals surface area contributed by atoms with E-state index in [1.165, 1.54) is 0 Å². The zero-order valence-electron chi connectivity index (χ0n) is 16.5. The molecular weight excluding hydrogens is 344 g/mol. The topological polar surface area (TPSA) is 74.8 Å². The number of carbonyl (C=O) groups is 4. The standard InChI is InChI=1S/C21H28N2O4/c1-14(2)10-11-22-19(25)18(17(24)12-15(3)4)20(26)23(21(22)27)13-16-8-6-5-7-9-16/h5-9,14-15,18H,10-13H2,1-4H3. The Labute approximate surface area is 160 Å². The zero-order valence-corrected chi connectivity index (χ0v) is 16.5. The van der Waals surface area contributed by atoms with Crippen molar-refractivity contribution in [3.8, 4) is 0 Å². The number of hydrogen-bond donors (Lipinski definition) is 0. The Morgan fingerprint density at radius 1 is 0.926 bits per heavy atom. The second kappa shape index (κ2) is 8.93. The molecule has 1 aliphatic heterocycles. The van der Waals surface area contributed by atoms with Crippen LogP contribution in [0.4, 0.5) is 4.79 Å². The van der Waals surface area contributed by atoms with E-state index in [-0.39, 0.29) is 31.3 Å². The number of barbiturate groups is 1. The van der Waals surface area contributed by atoms with Crippen molar-refractivity contribution in [3.05, 3.63) is 35.9 Å². The molecule has 146 valence electrons. The lowest BCUT2D eigenvalue weighted by atomic mass is 9.92. The summed E-state index contributed by atoms with van der Waals surface area (Å²) in [4.78, 5) is 53.3. The van der Waals surface area contributed by atoms with Crippen LogP contribution in [0.5, 0.6) is 0 Å². The highest BCUT2D eigenvalue weighted by atomic mass is 16.2. The van der Waals surface area contributed by atoms with Crippen molar-refractivity contribution in [3.63, 3.8) is 0 Å². The van der Waals surface area contributed by atoms with Gasteiger partial charge in [0.25, 0.3) is 11.8 Å². The van der Waals surface area contributed by atoms with Crippen molar-refractivity contribution in [2.24, 2.45) is 17.8 Å². The fourth-order valence-electron chi connectivity index (χ4n) is 3.05. The molecular formula is C21H28N2O4. The van der Waals surface area contributed by atoms with Crippen molar-refractivity contribution in [1.82, 2.24) is 9.80 Å². The Balaban J connectivity index is 2.33. The Morgan fingerprint density at radius 2 is 1.52 bits per heavy atom. The maximum absolute atomic E-state index is 12.9. The van der Waals surface area contributed by atoms with E-state index in [1.54, 1.807) is 12.1 Å². The molecule has 0 N–H and O–H groups in total. The van der Waals surface area contributed by atoms with Crippen LogP contribution in [0.15, 0.2) is 30.3 Å². The summed E-state index contributed by atoms with van der Waals surface area (Å²) in [6, 6.07) is 8.45. The molecule has 0 spiro atoms. The van der Waals surface area contributed by atoms with Gasteiger partial charge in [0.2, 0.25) is 0 Å². The van der Waals surface area contributed by atoms with E-state index >= 15 is 0 Å². The number of imide groups is 2. The minimum absolute atomic E-state index is 0.0300. The van der Waals surface area contributed by atoms with Gasteiger partial charge in [-0.2, -0.15) is 0 Å². The van der Waals surface area contributed by atoms with Crippen LogP contribution in [-0.4, -0.2) is 40.0 Å². The molecule has 1 unspecified atom stereocenters. The zero-order chi connectivity index (χ0) is 20.1. The van der Waals surface area contributed by atoms with Gasteiger partial charge < -0.3 is 0 Å². The Hall–Kier alpha value is -2.50. The Bertz CT molecular complexity index is 712. The van der Waals surface area contributed by atoms with Crippen LogP contribution in [0.25, 0.3) is 0 Å². The van der Waals surface area contributed by atoms with Gasteiger partial charge >= 0.3 is 6.03 Å². The quantitative estimate of drug-likeness (QED) is 0.657. The number of amides is 4. The van der Waals surface area contributed by atoms with E-state index in [4.69, 9.17) is 0 Å². The van der Waals surface area contributed by atoms with Crippen LogP contribution in [0.2, 0.25) is 0 Å². The number of carbonyl (C=O) groups excluding carboxylic acids is 4. The van der Waals surface area contributed by atoms with Crippen LogP contribution in [0, 0.1) is 17.8 Å². The van der Waals surface area contributed by atoms with Crippen molar-refractivity contribution >= 4 is 23.6 Å². The molecule has 1 fully saturated rings. The van der Waals surface area contributed by atoms with Gasteiger partial charge in [0.05, 0.1) is 6.54 Å². The van der Waals surface area contributed by atoms with Crippen molar-refractivity contribution < 1.29 is 19.2 Å². The van der Waals surface area contributed by atoms with Gasteiger partial charge in [-0.05, 0) is 23.8 Å². The van der Waals surface area contributed by atoms with E-state index in [2.05, 4.69) is 0 Å². The highest BCUT2D eigenvalue weighted by molar-refractivity contribution is 6.26. The highest BCUT2D eigenvalue weighted by Gasteiger charge is 2.48. The number of nitrogens with zero attached hydrogens (tertiary/aromatic N) is 2. The number of rotatable bonds is 8. The van der Waals surface area contributed by atoms with E-state index in [0.29, 0.717) is 6.42 Å². The van der Waals surface area contributed by atoms with Crippen molar-refractivity contribution in [2.75, 3.05) is 6.54 Å². The number of hydrogen-bond acceptors (Lipinski definition) is 4. The van der Waals surface area contributed by atoms with Crippen LogP contribution >= 0.6 is 0 Å². The first-order chi connectivity index (χ1) is 12.7. The van der Waals surface area contributed by atoms with E-state index in [1.807, 2.05) is 45.9 Å². The van der Waals surface area contributed by atoms with Gasteiger partial charge in [0.15, 0.2) is 11.7 Å². The molecule has 0 radical (unpaired) electrons. The van der Waals surface area contributed by atoms with Gasteiger partial charge in [-0.25, -0.2) is 4.79 Å². The number of benzene rings is 1. The van der Waals surface area contributed by atoms with E-state index in [9.17, 15) is 19.2 Å². The monoisotopic (exact) mass is 372 g/mol. The lowest BCUT2D eigenvalue weighted by Crippen LogP contribution is -2.61. The molecule has 1 aromatic rings. The van der Waals surface area contributed by atoms with E-state index in [0.717, 1.165) is 15.4 Å². The fourth-order valence-corrected chi connectivity index (χ4v) is 3.05. The minimum Gasteiger partial charge on any atom is -0.298 e. The Morgan fingerprint density at radius 3 is 2.07 bits per heavy atom. The molecule has 0 bridgehead atoms. The number of urea groups is 1. The molecule has 0 aromatic heterocycles. The summed E-state index contributed by atoms with van der Waals surface area (Å²) >= 11 is 0. The molecule has 6 heteroatoms. The Kier molecular flexibility index (Phi) is 6.88. The molecule has 1 aromatic carbocycles. The molecule has 6 nitrogen and oxygen atoms in total. The van der Waals surface area contributed by atoms with Crippen LogP contribution in [-0.2, 0) is 20.9 Å². The van der Waals surface area contributed by atoms with Crippen molar-refractivity contribution in [1.29, 1.82) is 0 Å².